The highest BCUT2D eigenvalue weighted by Crippen LogP contribution is 2.32. The lowest BCUT2D eigenvalue weighted by atomic mass is 10.1. The predicted molar refractivity (Wildman–Crippen MR) is 96.5 cm³/mol. The van der Waals surface area contributed by atoms with E-state index in [-0.39, 0.29) is 17.7 Å². The van der Waals surface area contributed by atoms with Crippen molar-refractivity contribution in [1.82, 2.24) is 24.7 Å². The summed E-state index contributed by atoms with van der Waals surface area (Å²) in [5.74, 6) is -2.65. The fourth-order valence-electron chi connectivity index (χ4n) is 2.95. The monoisotopic (exact) mass is 389 g/mol. The van der Waals surface area contributed by atoms with Crippen molar-refractivity contribution in [3.63, 3.8) is 0 Å². The molecule has 11 heteroatoms. The molecule has 0 saturated carbocycles. The molecule has 0 unspecified atom stereocenters. The van der Waals surface area contributed by atoms with E-state index in [1.165, 1.54) is 24.0 Å². The van der Waals surface area contributed by atoms with E-state index in [2.05, 4.69) is 25.4 Å². The Kier molecular flexibility index (Phi) is 4.18. The first-order chi connectivity index (χ1) is 13.2. The second kappa shape index (κ2) is 6.44. The number of alkyl halides is 2. The largest absolute Gasteiger partial charge is 0.389 e. The number of β-amino-alcohol motifs (C(OH)–C–C–N with tert-alkyl or cyclic N) is 1. The van der Waals surface area contributed by atoms with Crippen molar-refractivity contribution in [2.24, 2.45) is 0 Å². The van der Waals surface area contributed by atoms with Crippen LogP contribution in [0.25, 0.3) is 16.9 Å². The Labute approximate surface area is 158 Å². The molecule has 1 aliphatic heterocycles. The number of rotatable bonds is 4. The fraction of sp³-hybridized carbons (Fsp3) is 0.353. The average molecular weight is 389 g/mol. The van der Waals surface area contributed by atoms with Crippen LogP contribution in [0.3, 0.4) is 0 Å². The number of aliphatic hydroxyl groups excluding tert-OH is 1. The Morgan fingerprint density at radius 1 is 1.36 bits per heavy atom. The predicted octanol–water partition coefficient (Wildman–Crippen LogP) is 1.46. The average Bonchev–Trinajstić information content (AvgIpc) is 2.96. The van der Waals surface area contributed by atoms with Crippen LogP contribution in [0.15, 0.2) is 24.5 Å². The van der Waals surface area contributed by atoms with Crippen LogP contribution in [0.2, 0.25) is 0 Å². The molecule has 9 nitrogen and oxygen atoms in total. The van der Waals surface area contributed by atoms with Gasteiger partial charge in [0.1, 0.15) is 11.5 Å². The van der Waals surface area contributed by atoms with Gasteiger partial charge in [-0.2, -0.15) is 13.5 Å². The molecule has 146 valence electrons. The van der Waals surface area contributed by atoms with Gasteiger partial charge in [-0.15, -0.1) is 5.10 Å². The maximum atomic E-state index is 13.7. The molecule has 0 atom stereocenters. The number of hydrogen-bond donors (Lipinski definition) is 2. The molecular formula is C17H17F2N7O2. The summed E-state index contributed by atoms with van der Waals surface area (Å²) in [6.07, 6.45) is 2.32. The normalized spacial score (nSPS) is 15.0. The molecule has 1 aliphatic rings. The Hall–Kier alpha value is -3.21. The van der Waals surface area contributed by atoms with Crippen LogP contribution in [-0.4, -0.2) is 54.9 Å². The lowest BCUT2D eigenvalue weighted by Crippen LogP contribution is -2.51. The van der Waals surface area contributed by atoms with E-state index in [1.807, 2.05) is 4.90 Å². The third-order valence-corrected chi connectivity index (χ3v) is 4.29. The van der Waals surface area contributed by atoms with Gasteiger partial charge in [0.05, 0.1) is 17.0 Å². The number of halogens is 2. The Morgan fingerprint density at radius 2 is 2.11 bits per heavy atom. The van der Waals surface area contributed by atoms with Crippen LogP contribution >= 0.6 is 0 Å². The zero-order valence-electron chi connectivity index (χ0n) is 15.1. The minimum absolute atomic E-state index is 0.0312. The smallest absolute Gasteiger partial charge is 0.287 e. The first kappa shape index (κ1) is 18.2. The topological polar surface area (TPSA) is 109 Å². The Bertz CT molecular complexity index is 1060. The zero-order valence-corrected chi connectivity index (χ0v) is 15.1. The number of pyridine rings is 1. The van der Waals surface area contributed by atoms with E-state index in [1.54, 1.807) is 6.07 Å². The number of fused-ring (bicyclic) bond motifs is 1. The van der Waals surface area contributed by atoms with Gasteiger partial charge in [-0.25, -0.2) is 15.0 Å². The molecule has 3 aromatic rings. The zero-order chi connectivity index (χ0) is 20.1. The molecule has 0 spiro atoms. The van der Waals surface area contributed by atoms with E-state index in [4.69, 9.17) is 0 Å². The van der Waals surface area contributed by atoms with Crippen LogP contribution in [0.5, 0.6) is 0 Å². The minimum Gasteiger partial charge on any atom is -0.389 e. The number of carbonyl (C=O) groups excluding carboxylic acids is 1. The molecule has 1 fully saturated rings. The van der Waals surface area contributed by atoms with Gasteiger partial charge in [0.15, 0.2) is 5.82 Å². The molecule has 2 N–H and O–H groups in total. The molecule has 0 bridgehead atoms. The Morgan fingerprint density at radius 3 is 2.75 bits per heavy atom. The van der Waals surface area contributed by atoms with E-state index in [9.17, 15) is 18.7 Å². The molecule has 1 amide bonds. The van der Waals surface area contributed by atoms with Gasteiger partial charge in [-0.05, 0) is 6.07 Å². The first-order valence-electron chi connectivity index (χ1n) is 8.53. The second-order valence-corrected chi connectivity index (χ2v) is 6.69. The van der Waals surface area contributed by atoms with Crippen LogP contribution in [0.1, 0.15) is 19.5 Å². The highest BCUT2D eigenvalue weighted by atomic mass is 19.3. The molecule has 0 radical (unpaired) electrons. The van der Waals surface area contributed by atoms with Crippen molar-refractivity contribution in [2.45, 2.75) is 25.9 Å². The highest BCUT2D eigenvalue weighted by Gasteiger charge is 2.30. The number of anilines is 2. The molecular weight excluding hydrogens is 372 g/mol. The Balaban J connectivity index is 1.87. The minimum atomic E-state index is -3.13. The summed E-state index contributed by atoms with van der Waals surface area (Å²) in [7, 11) is 0. The summed E-state index contributed by atoms with van der Waals surface area (Å²) in [5.41, 5.74) is 0.0601. The summed E-state index contributed by atoms with van der Waals surface area (Å²) in [4.78, 5) is 25.4. The van der Waals surface area contributed by atoms with Gasteiger partial charge in [0, 0.05) is 45.4 Å². The van der Waals surface area contributed by atoms with Crippen LogP contribution in [0, 0.1) is 0 Å². The maximum Gasteiger partial charge on any atom is 0.287 e. The van der Waals surface area contributed by atoms with Crippen molar-refractivity contribution in [2.75, 3.05) is 23.3 Å². The number of nitrogens with one attached hydrogen (secondary N) is 1. The molecule has 28 heavy (non-hydrogen) atoms. The number of carbonyl (C=O) groups is 1. The lowest BCUT2D eigenvalue weighted by molar-refractivity contribution is -0.114. The van der Waals surface area contributed by atoms with Crippen molar-refractivity contribution in [3.05, 3.63) is 30.2 Å². The van der Waals surface area contributed by atoms with Gasteiger partial charge >= 0.3 is 0 Å². The summed E-state index contributed by atoms with van der Waals surface area (Å²) in [6, 6.07) is 2.72. The summed E-state index contributed by atoms with van der Waals surface area (Å²) >= 11 is 0. The molecule has 1 saturated heterocycles. The van der Waals surface area contributed by atoms with E-state index >= 15 is 0 Å². The number of aliphatic hydroxyl groups is 1. The number of hydrogen-bond acceptors (Lipinski definition) is 7. The summed E-state index contributed by atoms with van der Waals surface area (Å²) < 4.78 is 28.7. The highest BCUT2D eigenvalue weighted by molar-refractivity contribution is 5.95. The molecule has 3 aromatic heterocycles. The van der Waals surface area contributed by atoms with E-state index < -0.39 is 17.7 Å². The lowest BCUT2D eigenvalue weighted by Gasteiger charge is -2.36. The second-order valence-electron chi connectivity index (χ2n) is 6.69. The van der Waals surface area contributed by atoms with Gasteiger partial charge in [0.25, 0.3) is 11.9 Å². The maximum absolute atomic E-state index is 13.7. The molecule has 0 aliphatic carbocycles. The number of amides is 1. The molecule has 4 heterocycles. The van der Waals surface area contributed by atoms with E-state index in [0.29, 0.717) is 29.8 Å². The van der Waals surface area contributed by atoms with Gasteiger partial charge in [-0.1, -0.05) is 0 Å². The van der Waals surface area contributed by atoms with Crippen molar-refractivity contribution in [1.29, 1.82) is 0 Å². The van der Waals surface area contributed by atoms with E-state index in [0.717, 1.165) is 13.0 Å². The van der Waals surface area contributed by atoms with Crippen molar-refractivity contribution < 1.29 is 18.7 Å². The van der Waals surface area contributed by atoms with Crippen molar-refractivity contribution >= 4 is 28.4 Å². The van der Waals surface area contributed by atoms with Gasteiger partial charge < -0.3 is 15.3 Å². The van der Waals surface area contributed by atoms with Crippen LogP contribution in [0.4, 0.5) is 20.4 Å². The first-order valence-corrected chi connectivity index (χ1v) is 8.53. The quantitative estimate of drug-likeness (QED) is 0.695. The molecule has 4 rings (SSSR count). The molecule has 0 aromatic carbocycles. The van der Waals surface area contributed by atoms with Gasteiger partial charge in [-0.3, -0.25) is 4.79 Å². The van der Waals surface area contributed by atoms with Crippen molar-refractivity contribution in [3.8, 4) is 5.95 Å². The summed E-state index contributed by atoms with van der Waals surface area (Å²) in [5, 5.41) is 17.3. The van der Waals surface area contributed by atoms with Crippen LogP contribution in [-0.2, 0) is 10.7 Å². The van der Waals surface area contributed by atoms with Gasteiger partial charge in [0.2, 0.25) is 5.91 Å². The standard InChI is InChI=1S/C17H17F2N7O2/c1-9(27)22-14-5-12-11(6-21-14)15(25-7-10(28)8-25)24-26(12)16-20-4-3-13(23-16)17(2,18)19/h3-6,10,28H,7-8H2,1-2H3,(H,21,22,27). The van der Waals surface area contributed by atoms with Crippen LogP contribution < -0.4 is 10.2 Å². The third-order valence-electron chi connectivity index (χ3n) is 4.29. The number of aromatic nitrogens is 5. The third kappa shape index (κ3) is 3.24. The summed E-state index contributed by atoms with van der Waals surface area (Å²) in [6.45, 7) is 2.90. The SMILES string of the molecule is CC(=O)Nc1cc2c(cn1)c(N1CC(O)C1)nn2-c1nccc(C(C)(F)F)n1. The fourth-order valence-corrected chi connectivity index (χ4v) is 2.95. The number of nitrogens with zero attached hydrogens (tertiary/aromatic N) is 6.